The van der Waals surface area contributed by atoms with Crippen molar-refractivity contribution in [2.45, 2.75) is 104 Å². The molecule has 6 heteroatoms. The molecule has 5 saturated carbocycles. The SMILES string of the molecule is CC1(C)[C@@H]2CC[C@@]1(C(=O)N[C@H]1CCCC[C@@H]1NC(=O)[C@]13CC[C@H](CC1=O)C3(C)C)C(=O)C2. The van der Waals surface area contributed by atoms with Gasteiger partial charge >= 0.3 is 0 Å². The summed E-state index contributed by atoms with van der Waals surface area (Å²) in [5.74, 6) is 0.453. The minimum atomic E-state index is -0.926. The first-order valence-electron chi connectivity index (χ1n) is 12.7. The van der Waals surface area contributed by atoms with Crippen molar-refractivity contribution in [3.05, 3.63) is 0 Å². The Kier molecular flexibility index (Phi) is 4.76. The van der Waals surface area contributed by atoms with Gasteiger partial charge in [-0.15, -0.1) is 0 Å². The van der Waals surface area contributed by atoms with Gasteiger partial charge < -0.3 is 10.6 Å². The third-order valence-corrected chi connectivity index (χ3v) is 11.0. The predicted octanol–water partition coefficient (Wildman–Crippen LogP) is 3.32. The summed E-state index contributed by atoms with van der Waals surface area (Å²) >= 11 is 0. The van der Waals surface area contributed by atoms with Crippen molar-refractivity contribution in [3.63, 3.8) is 0 Å². The highest BCUT2D eigenvalue weighted by molar-refractivity contribution is 6.10. The van der Waals surface area contributed by atoms with Gasteiger partial charge in [-0.1, -0.05) is 40.5 Å². The number of fused-ring (bicyclic) bond motifs is 4. The molecule has 0 aromatic carbocycles. The average Bonchev–Trinajstić information content (AvgIpc) is 3.29. The van der Waals surface area contributed by atoms with Crippen LogP contribution in [-0.2, 0) is 19.2 Å². The summed E-state index contributed by atoms with van der Waals surface area (Å²) in [6, 6.07) is -0.378. The molecule has 0 aliphatic heterocycles. The van der Waals surface area contributed by atoms with E-state index in [4.69, 9.17) is 0 Å². The average molecular weight is 443 g/mol. The molecule has 0 aromatic heterocycles. The second-order valence-electron chi connectivity index (χ2n) is 12.4. The fraction of sp³-hybridized carbons (Fsp3) is 0.846. The van der Waals surface area contributed by atoms with Gasteiger partial charge in [-0.05, 0) is 61.2 Å². The van der Waals surface area contributed by atoms with E-state index in [1.807, 2.05) is 0 Å². The minimum absolute atomic E-state index is 0.0850. The van der Waals surface area contributed by atoms with Crippen molar-refractivity contribution in [1.82, 2.24) is 10.6 Å². The third kappa shape index (κ3) is 2.53. The molecule has 5 aliphatic rings. The first kappa shape index (κ1) is 22.1. The van der Waals surface area contributed by atoms with Gasteiger partial charge in [-0.2, -0.15) is 0 Å². The summed E-state index contributed by atoms with van der Waals surface area (Å²) in [7, 11) is 0. The Hall–Kier alpha value is -1.72. The quantitative estimate of drug-likeness (QED) is 0.653. The van der Waals surface area contributed by atoms with Crippen LogP contribution in [0.25, 0.3) is 0 Å². The van der Waals surface area contributed by atoms with Gasteiger partial charge in [0, 0.05) is 24.9 Å². The molecule has 2 amide bonds. The lowest BCUT2D eigenvalue weighted by Gasteiger charge is -2.41. The molecule has 0 heterocycles. The summed E-state index contributed by atoms with van der Waals surface area (Å²) in [6.07, 6.45) is 7.69. The Morgan fingerprint density at radius 3 is 1.34 bits per heavy atom. The second kappa shape index (κ2) is 6.89. The molecule has 6 atom stereocenters. The van der Waals surface area contributed by atoms with Gasteiger partial charge in [-0.3, -0.25) is 19.2 Å². The maximum Gasteiger partial charge on any atom is 0.234 e. The Bertz CT molecular complexity index is 820. The number of carbonyl (C=O) groups excluding carboxylic acids is 4. The number of hydrogen-bond acceptors (Lipinski definition) is 4. The first-order valence-corrected chi connectivity index (χ1v) is 12.7. The van der Waals surface area contributed by atoms with Crippen LogP contribution in [0, 0.1) is 33.5 Å². The van der Waals surface area contributed by atoms with E-state index in [0.717, 1.165) is 38.5 Å². The molecule has 32 heavy (non-hydrogen) atoms. The van der Waals surface area contributed by atoms with Gasteiger partial charge in [0.15, 0.2) is 0 Å². The number of nitrogens with one attached hydrogen (secondary N) is 2. The molecule has 5 fully saturated rings. The highest BCUT2D eigenvalue weighted by Gasteiger charge is 2.69. The molecule has 176 valence electrons. The van der Waals surface area contributed by atoms with E-state index in [-0.39, 0.29) is 58.1 Å². The largest absolute Gasteiger partial charge is 0.350 e. The number of Topliss-reactive ketones (excluding diaryl/α,β-unsaturated/α-hetero) is 2. The van der Waals surface area contributed by atoms with Crippen LogP contribution in [0.4, 0.5) is 0 Å². The summed E-state index contributed by atoms with van der Waals surface area (Å²) in [5, 5.41) is 6.45. The maximum atomic E-state index is 13.6. The molecule has 6 nitrogen and oxygen atoms in total. The molecule has 0 radical (unpaired) electrons. The van der Waals surface area contributed by atoms with Crippen LogP contribution in [-0.4, -0.2) is 35.5 Å². The number of rotatable bonds is 4. The smallest absolute Gasteiger partial charge is 0.234 e. The van der Waals surface area contributed by atoms with E-state index >= 15 is 0 Å². The van der Waals surface area contributed by atoms with Gasteiger partial charge in [0.1, 0.15) is 22.4 Å². The highest BCUT2D eigenvalue weighted by atomic mass is 16.2. The van der Waals surface area contributed by atoms with E-state index in [1.54, 1.807) is 0 Å². The predicted molar refractivity (Wildman–Crippen MR) is 119 cm³/mol. The topological polar surface area (TPSA) is 92.3 Å². The Balaban J connectivity index is 1.34. The van der Waals surface area contributed by atoms with Crippen molar-refractivity contribution in [1.29, 1.82) is 0 Å². The number of amides is 2. The zero-order valence-electron chi connectivity index (χ0n) is 20.0. The molecular weight excluding hydrogens is 404 g/mol. The lowest BCUT2D eigenvalue weighted by Crippen LogP contribution is -2.61. The number of carbonyl (C=O) groups is 4. The summed E-state index contributed by atoms with van der Waals surface area (Å²) in [4.78, 5) is 53.0. The highest BCUT2D eigenvalue weighted by Crippen LogP contribution is 2.65. The second-order valence-corrected chi connectivity index (χ2v) is 12.4. The van der Waals surface area contributed by atoms with E-state index < -0.39 is 10.8 Å². The van der Waals surface area contributed by atoms with Crippen LogP contribution in [0.3, 0.4) is 0 Å². The summed E-state index contributed by atoms with van der Waals surface area (Å²) in [5.41, 5.74) is -2.49. The summed E-state index contributed by atoms with van der Waals surface area (Å²) < 4.78 is 0. The van der Waals surface area contributed by atoms with Crippen LogP contribution in [0.15, 0.2) is 0 Å². The molecule has 4 bridgehead atoms. The van der Waals surface area contributed by atoms with Gasteiger partial charge in [-0.25, -0.2) is 0 Å². The fourth-order valence-electron chi connectivity index (χ4n) is 8.48. The molecule has 0 spiro atoms. The van der Waals surface area contributed by atoms with Crippen molar-refractivity contribution >= 4 is 23.4 Å². The lowest BCUT2D eigenvalue weighted by molar-refractivity contribution is -0.148. The first-order chi connectivity index (χ1) is 15.0. The van der Waals surface area contributed by atoms with Gasteiger partial charge in [0.25, 0.3) is 0 Å². The van der Waals surface area contributed by atoms with Crippen LogP contribution in [0.1, 0.15) is 91.9 Å². The zero-order valence-corrected chi connectivity index (χ0v) is 20.0. The Morgan fingerprint density at radius 2 is 1.06 bits per heavy atom. The van der Waals surface area contributed by atoms with E-state index in [0.29, 0.717) is 25.7 Å². The van der Waals surface area contributed by atoms with Crippen molar-refractivity contribution in [3.8, 4) is 0 Å². The number of ketones is 2. The lowest BCUT2D eigenvalue weighted by atomic mass is 9.67. The monoisotopic (exact) mass is 442 g/mol. The van der Waals surface area contributed by atoms with Crippen molar-refractivity contribution in [2.75, 3.05) is 0 Å². The maximum absolute atomic E-state index is 13.6. The molecule has 2 N–H and O–H groups in total. The van der Waals surface area contributed by atoms with E-state index in [1.165, 1.54) is 0 Å². The van der Waals surface area contributed by atoms with Gasteiger partial charge in [0.05, 0.1) is 0 Å². The van der Waals surface area contributed by atoms with E-state index in [2.05, 4.69) is 38.3 Å². The zero-order chi connectivity index (χ0) is 23.1. The molecule has 5 aliphatic carbocycles. The van der Waals surface area contributed by atoms with Crippen LogP contribution < -0.4 is 10.6 Å². The minimum Gasteiger partial charge on any atom is -0.350 e. The van der Waals surface area contributed by atoms with Crippen LogP contribution in [0.2, 0.25) is 0 Å². The molecule has 5 rings (SSSR count). The molecule has 0 saturated heterocycles. The normalized spacial score (nSPS) is 43.5. The molecule has 0 unspecified atom stereocenters. The summed E-state index contributed by atoms with van der Waals surface area (Å²) in [6.45, 7) is 8.27. The third-order valence-electron chi connectivity index (χ3n) is 11.0. The van der Waals surface area contributed by atoms with Gasteiger partial charge in [0.2, 0.25) is 11.8 Å². The van der Waals surface area contributed by atoms with E-state index in [9.17, 15) is 19.2 Å². The molecule has 0 aromatic rings. The number of hydrogen-bond donors (Lipinski definition) is 2. The van der Waals surface area contributed by atoms with Crippen LogP contribution in [0.5, 0.6) is 0 Å². The Morgan fingerprint density at radius 1 is 0.688 bits per heavy atom. The fourth-order valence-corrected chi connectivity index (χ4v) is 8.48. The van der Waals surface area contributed by atoms with Crippen LogP contribution >= 0.6 is 0 Å². The van der Waals surface area contributed by atoms with Crippen molar-refractivity contribution < 1.29 is 19.2 Å². The standard InChI is InChI=1S/C26H38N2O4/c1-23(2)15-9-11-25(23,19(29)13-15)21(31)27-17-7-5-6-8-18(17)28-22(32)26-12-10-16(14-20(26)30)24(26,3)4/h15-18H,5-14H2,1-4H3,(H,27,31)(H,28,32)/t15-,16-,17+,18+,25+,26+/m1/s1. The Labute approximate surface area is 191 Å². The van der Waals surface area contributed by atoms with Crippen molar-refractivity contribution in [2.24, 2.45) is 33.5 Å². The molecular formula is C26H38N2O4.